The molecule has 5 heteroatoms. The van der Waals surface area contributed by atoms with E-state index < -0.39 is 12.1 Å². The zero-order chi connectivity index (χ0) is 13.0. The van der Waals surface area contributed by atoms with E-state index in [2.05, 4.69) is 0 Å². The molecule has 2 unspecified atom stereocenters. The van der Waals surface area contributed by atoms with E-state index in [1.807, 2.05) is 6.92 Å². The van der Waals surface area contributed by atoms with Crippen LogP contribution < -0.4 is 16.2 Å². The first-order valence-electron chi connectivity index (χ1n) is 5.49. The lowest BCUT2D eigenvalue weighted by atomic mass is 9.98. The maximum atomic E-state index is 10.1. The molecule has 0 bridgehead atoms. The molecule has 0 aromatic heterocycles. The van der Waals surface area contributed by atoms with Crippen molar-refractivity contribution in [3.05, 3.63) is 28.3 Å². The summed E-state index contributed by atoms with van der Waals surface area (Å²) in [6.45, 7) is 2.31. The van der Waals surface area contributed by atoms with Gasteiger partial charge in [-0.15, -0.1) is 0 Å². The Morgan fingerprint density at radius 2 is 2.12 bits per heavy atom. The van der Waals surface area contributed by atoms with E-state index in [1.54, 1.807) is 19.2 Å². The third-order valence-electron chi connectivity index (χ3n) is 2.74. The zero-order valence-electron chi connectivity index (χ0n) is 10.1. The van der Waals surface area contributed by atoms with Crippen molar-refractivity contribution in [3.63, 3.8) is 0 Å². The average molecular weight is 259 g/mol. The van der Waals surface area contributed by atoms with Gasteiger partial charge in [-0.25, -0.2) is 0 Å². The lowest BCUT2D eigenvalue weighted by Crippen LogP contribution is -2.31. The predicted octanol–water partition coefficient (Wildman–Crippen LogP) is 1.37. The topological polar surface area (TPSA) is 81.5 Å². The summed E-state index contributed by atoms with van der Waals surface area (Å²) in [4.78, 5) is 0. The van der Waals surface area contributed by atoms with Crippen molar-refractivity contribution in [1.82, 2.24) is 0 Å². The van der Waals surface area contributed by atoms with E-state index in [9.17, 15) is 5.11 Å². The van der Waals surface area contributed by atoms with Crippen LogP contribution in [0.25, 0.3) is 0 Å². The van der Waals surface area contributed by atoms with E-state index in [4.69, 9.17) is 27.8 Å². The zero-order valence-corrected chi connectivity index (χ0v) is 10.9. The number of ether oxygens (including phenoxy) is 1. The van der Waals surface area contributed by atoms with Crippen molar-refractivity contribution in [2.75, 3.05) is 13.7 Å². The molecule has 4 nitrogen and oxygen atoms in total. The maximum Gasteiger partial charge on any atom is 0.125 e. The molecule has 2 atom stereocenters. The number of aryl methyl sites for hydroxylation is 1. The Hall–Kier alpha value is -0.810. The summed E-state index contributed by atoms with van der Waals surface area (Å²) in [5.74, 6) is 0.590. The van der Waals surface area contributed by atoms with Gasteiger partial charge in [-0.1, -0.05) is 11.6 Å². The van der Waals surface area contributed by atoms with Crippen molar-refractivity contribution < 1.29 is 9.84 Å². The number of hydrogen-bond donors (Lipinski definition) is 3. The van der Waals surface area contributed by atoms with Gasteiger partial charge >= 0.3 is 0 Å². The predicted molar refractivity (Wildman–Crippen MR) is 69.3 cm³/mol. The van der Waals surface area contributed by atoms with Crippen molar-refractivity contribution >= 4 is 11.6 Å². The van der Waals surface area contributed by atoms with Crippen LogP contribution in [0.2, 0.25) is 5.02 Å². The normalized spacial score (nSPS) is 14.5. The standard InChI is InChI=1S/C12H19ClN2O2/c1-7-5-11(17-2)8(6-9(7)13)12(16)10(15)3-4-14/h5-6,10,12,16H,3-4,14-15H2,1-2H3. The summed E-state index contributed by atoms with van der Waals surface area (Å²) in [5, 5.41) is 10.7. The van der Waals surface area contributed by atoms with Gasteiger partial charge in [-0.3, -0.25) is 0 Å². The van der Waals surface area contributed by atoms with Gasteiger partial charge in [-0.05, 0) is 37.6 Å². The molecule has 0 spiro atoms. The van der Waals surface area contributed by atoms with Crippen LogP contribution in [0.15, 0.2) is 12.1 Å². The molecule has 0 fully saturated rings. The maximum absolute atomic E-state index is 10.1. The summed E-state index contributed by atoms with van der Waals surface area (Å²) in [6.07, 6.45) is -0.290. The Morgan fingerprint density at radius 1 is 1.47 bits per heavy atom. The van der Waals surface area contributed by atoms with Gasteiger partial charge in [0.2, 0.25) is 0 Å². The van der Waals surface area contributed by atoms with Crippen molar-refractivity contribution in [3.8, 4) is 5.75 Å². The van der Waals surface area contributed by atoms with Crippen LogP contribution in [0.4, 0.5) is 0 Å². The Morgan fingerprint density at radius 3 is 2.65 bits per heavy atom. The number of halogens is 1. The first-order valence-corrected chi connectivity index (χ1v) is 5.86. The quantitative estimate of drug-likeness (QED) is 0.745. The molecule has 0 aliphatic heterocycles. The molecule has 0 aliphatic carbocycles. The molecule has 0 saturated heterocycles. The van der Waals surface area contributed by atoms with Crippen molar-refractivity contribution in [2.45, 2.75) is 25.5 Å². The van der Waals surface area contributed by atoms with Crippen LogP contribution in [-0.2, 0) is 0 Å². The van der Waals surface area contributed by atoms with E-state index in [-0.39, 0.29) is 0 Å². The third-order valence-corrected chi connectivity index (χ3v) is 3.14. The molecule has 17 heavy (non-hydrogen) atoms. The minimum Gasteiger partial charge on any atom is -0.496 e. The fourth-order valence-electron chi connectivity index (χ4n) is 1.66. The molecule has 0 heterocycles. The SMILES string of the molecule is COc1cc(C)c(Cl)cc1C(O)C(N)CCN. The molecule has 0 saturated carbocycles. The smallest absolute Gasteiger partial charge is 0.125 e. The molecule has 5 N–H and O–H groups in total. The van der Waals surface area contributed by atoms with E-state index >= 15 is 0 Å². The Kier molecular flexibility index (Phi) is 5.21. The second-order valence-electron chi connectivity index (χ2n) is 4.03. The molecule has 0 aliphatic rings. The number of hydrogen-bond acceptors (Lipinski definition) is 4. The number of nitrogens with two attached hydrogens (primary N) is 2. The van der Waals surface area contributed by atoms with Crippen LogP contribution in [-0.4, -0.2) is 24.8 Å². The van der Waals surface area contributed by atoms with E-state index in [0.29, 0.717) is 29.3 Å². The van der Waals surface area contributed by atoms with Gasteiger partial charge < -0.3 is 21.3 Å². The molecule has 1 rings (SSSR count). The number of rotatable bonds is 5. The van der Waals surface area contributed by atoms with Gasteiger partial charge in [0.25, 0.3) is 0 Å². The van der Waals surface area contributed by atoms with Crippen LogP contribution in [0.3, 0.4) is 0 Å². The van der Waals surface area contributed by atoms with Crippen molar-refractivity contribution in [1.29, 1.82) is 0 Å². The van der Waals surface area contributed by atoms with Gasteiger partial charge in [0.15, 0.2) is 0 Å². The van der Waals surface area contributed by atoms with Crippen molar-refractivity contribution in [2.24, 2.45) is 11.5 Å². The lowest BCUT2D eigenvalue weighted by Gasteiger charge is -2.21. The highest BCUT2D eigenvalue weighted by molar-refractivity contribution is 6.31. The molecule has 0 radical (unpaired) electrons. The fraction of sp³-hybridized carbons (Fsp3) is 0.500. The first kappa shape index (κ1) is 14.3. The number of benzene rings is 1. The second-order valence-corrected chi connectivity index (χ2v) is 4.44. The Labute approximate surface area is 107 Å². The number of methoxy groups -OCH3 is 1. The monoisotopic (exact) mass is 258 g/mol. The second kappa shape index (κ2) is 6.21. The minimum atomic E-state index is -0.827. The highest BCUT2D eigenvalue weighted by Crippen LogP contribution is 2.32. The third kappa shape index (κ3) is 3.33. The summed E-state index contributed by atoms with van der Waals surface area (Å²) in [5.41, 5.74) is 12.8. The van der Waals surface area contributed by atoms with Gasteiger partial charge in [0, 0.05) is 16.6 Å². The van der Waals surface area contributed by atoms with E-state index in [0.717, 1.165) is 5.56 Å². The summed E-state index contributed by atoms with van der Waals surface area (Å²) < 4.78 is 5.23. The minimum absolute atomic E-state index is 0.423. The molecule has 96 valence electrons. The highest BCUT2D eigenvalue weighted by Gasteiger charge is 2.21. The highest BCUT2D eigenvalue weighted by atomic mass is 35.5. The van der Waals surface area contributed by atoms with Gasteiger partial charge in [-0.2, -0.15) is 0 Å². The van der Waals surface area contributed by atoms with Crippen LogP contribution in [0, 0.1) is 6.92 Å². The average Bonchev–Trinajstić information content (AvgIpc) is 2.31. The molecule has 1 aromatic rings. The van der Waals surface area contributed by atoms with Gasteiger partial charge in [0.1, 0.15) is 5.75 Å². The van der Waals surface area contributed by atoms with Crippen LogP contribution in [0.5, 0.6) is 5.75 Å². The lowest BCUT2D eigenvalue weighted by molar-refractivity contribution is 0.139. The molecular formula is C12H19ClN2O2. The Bertz CT molecular complexity index is 385. The van der Waals surface area contributed by atoms with Crippen LogP contribution >= 0.6 is 11.6 Å². The molecule has 1 aromatic carbocycles. The molecule has 0 amide bonds. The first-order chi connectivity index (χ1) is 8.01. The van der Waals surface area contributed by atoms with E-state index in [1.165, 1.54) is 0 Å². The largest absolute Gasteiger partial charge is 0.496 e. The fourth-order valence-corrected chi connectivity index (χ4v) is 1.83. The summed E-state index contributed by atoms with van der Waals surface area (Å²) in [6, 6.07) is 3.06. The van der Waals surface area contributed by atoms with Gasteiger partial charge in [0.05, 0.1) is 13.2 Å². The van der Waals surface area contributed by atoms with Crippen LogP contribution in [0.1, 0.15) is 23.7 Å². The number of aliphatic hydroxyl groups is 1. The Balaban J connectivity index is 3.07. The summed E-state index contributed by atoms with van der Waals surface area (Å²) in [7, 11) is 1.55. The number of aliphatic hydroxyl groups excluding tert-OH is 1. The summed E-state index contributed by atoms with van der Waals surface area (Å²) >= 11 is 6.04. The molecular weight excluding hydrogens is 240 g/mol.